The van der Waals surface area contributed by atoms with Crippen LogP contribution >= 0.6 is 0 Å². The maximum absolute atomic E-state index is 8.67. The van der Waals surface area contributed by atoms with Gasteiger partial charge in [0.1, 0.15) is 18.0 Å². The lowest BCUT2D eigenvalue weighted by Gasteiger charge is -2.21. The Morgan fingerprint density at radius 3 is 2.50 bits per heavy atom. The fraction of sp³-hybridized carbons (Fsp3) is 0.417. The van der Waals surface area contributed by atoms with Gasteiger partial charge in [-0.05, 0) is 19.1 Å². The fourth-order valence-electron chi connectivity index (χ4n) is 1.63. The molecule has 1 aromatic carbocycles. The molecule has 0 spiro atoms. The quantitative estimate of drug-likeness (QED) is 0.728. The zero-order valence-electron chi connectivity index (χ0n) is 10.1. The lowest BCUT2D eigenvalue weighted by Crippen LogP contribution is -2.18. The van der Waals surface area contributed by atoms with E-state index in [-0.39, 0.29) is 0 Å². The minimum atomic E-state index is 0.322. The van der Waals surface area contributed by atoms with Crippen molar-refractivity contribution < 1.29 is 9.47 Å². The normalized spacial score (nSPS) is 9.44. The molecular weight excluding hydrogens is 204 g/mol. The van der Waals surface area contributed by atoms with Crippen LogP contribution < -0.4 is 14.4 Å². The van der Waals surface area contributed by atoms with Crippen molar-refractivity contribution in [3.8, 4) is 17.6 Å². The zero-order chi connectivity index (χ0) is 12.1. The molecule has 86 valence electrons. The van der Waals surface area contributed by atoms with E-state index in [1.807, 2.05) is 31.0 Å². The number of nitrogens with zero attached hydrogens (tertiary/aromatic N) is 2. The number of methoxy groups -OCH3 is 2. The van der Waals surface area contributed by atoms with Crippen LogP contribution in [-0.4, -0.2) is 27.8 Å². The average molecular weight is 220 g/mol. The number of anilines is 1. The van der Waals surface area contributed by atoms with Crippen molar-refractivity contribution in [1.82, 2.24) is 0 Å². The Bertz CT molecular complexity index is 410. The van der Waals surface area contributed by atoms with Gasteiger partial charge in [0.2, 0.25) is 0 Å². The first-order valence-corrected chi connectivity index (χ1v) is 4.95. The Morgan fingerprint density at radius 2 is 2.00 bits per heavy atom. The topological polar surface area (TPSA) is 45.5 Å². The van der Waals surface area contributed by atoms with Gasteiger partial charge in [0.05, 0.1) is 26.0 Å². The highest BCUT2D eigenvalue weighted by molar-refractivity contribution is 5.65. The predicted octanol–water partition coefficient (Wildman–Crippen LogP) is 1.97. The largest absolute Gasteiger partial charge is 0.496 e. The molecule has 1 rings (SSSR count). The summed E-state index contributed by atoms with van der Waals surface area (Å²) >= 11 is 0. The highest BCUT2D eigenvalue weighted by Gasteiger charge is 2.13. The van der Waals surface area contributed by atoms with Gasteiger partial charge in [-0.1, -0.05) is 0 Å². The monoisotopic (exact) mass is 220 g/mol. The van der Waals surface area contributed by atoms with Crippen LogP contribution in [0.15, 0.2) is 12.1 Å². The molecule has 0 fully saturated rings. The lowest BCUT2D eigenvalue weighted by atomic mass is 10.1. The van der Waals surface area contributed by atoms with Crippen LogP contribution in [0.4, 0.5) is 5.69 Å². The van der Waals surface area contributed by atoms with Crippen molar-refractivity contribution in [1.29, 1.82) is 5.26 Å². The summed E-state index contributed by atoms with van der Waals surface area (Å²) in [5, 5.41) is 8.67. The molecule has 0 aromatic heterocycles. The summed E-state index contributed by atoms with van der Waals surface area (Å²) in [5.74, 6) is 1.53. The van der Waals surface area contributed by atoms with E-state index in [1.165, 1.54) is 0 Å². The van der Waals surface area contributed by atoms with E-state index in [4.69, 9.17) is 14.7 Å². The molecule has 0 radical (unpaired) electrons. The Kier molecular flexibility index (Phi) is 4.01. The van der Waals surface area contributed by atoms with E-state index in [1.54, 1.807) is 14.2 Å². The molecule has 16 heavy (non-hydrogen) atoms. The summed E-state index contributed by atoms with van der Waals surface area (Å²) in [5.41, 5.74) is 1.83. The van der Waals surface area contributed by atoms with Gasteiger partial charge in [-0.25, -0.2) is 0 Å². The number of ether oxygens (including phenoxy) is 2. The van der Waals surface area contributed by atoms with E-state index in [0.29, 0.717) is 6.54 Å². The second kappa shape index (κ2) is 5.26. The maximum atomic E-state index is 8.67. The third-order valence-corrected chi connectivity index (χ3v) is 2.48. The maximum Gasteiger partial charge on any atom is 0.148 e. The molecular formula is C12H16N2O2. The predicted molar refractivity (Wildman–Crippen MR) is 63.2 cm³/mol. The van der Waals surface area contributed by atoms with Crippen LogP contribution in [0.3, 0.4) is 0 Å². The molecule has 0 amide bonds. The number of hydrogen-bond acceptors (Lipinski definition) is 4. The van der Waals surface area contributed by atoms with Crippen LogP contribution in [0.2, 0.25) is 0 Å². The summed E-state index contributed by atoms with van der Waals surface area (Å²) in [6.07, 6.45) is 0. The molecule has 0 saturated heterocycles. The summed E-state index contributed by atoms with van der Waals surface area (Å²) in [6, 6.07) is 5.87. The molecule has 4 nitrogen and oxygen atoms in total. The molecule has 0 saturated carbocycles. The zero-order valence-corrected chi connectivity index (χ0v) is 10.1. The van der Waals surface area contributed by atoms with Crippen molar-refractivity contribution >= 4 is 5.69 Å². The third-order valence-electron chi connectivity index (χ3n) is 2.48. The summed E-state index contributed by atoms with van der Waals surface area (Å²) in [4.78, 5) is 1.84. The third kappa shape index (κ3) is 2.19. The van der Waals surface area contributed by atoms with Crippen molar-refractivity contribution in [2.24, 2.45) is 0 Å². The number of nitriles is 1. The van der Waals surface area contributed by atoms with Crippen LogP contribution in [0.5, 0.6) is 11.5 Å². The molecule has 0 N–H and O–H groups in total. The average Bonchev–Trinajstić information content (AvgIpc) is 2.28. The molecule has 0 heterocycles. The Balaban J connectivity index is 3.21. The van der Waals surface area contributed by atoms with Gasteiger partial charge >= 0.3 is 0 Å². The van der Waals surface area contributed by atoms with E-state index in [0.717, 1.165) is 22.7 Å². The minimum Gasteiger partial charge on any atom is -0.496 e. The summed E-state index contributed by atoms with van der Waals surface area (Å²) in [7, 11) is 5.10. The van der Waals surface area contributed by atoms with Crippen molar-refractivity contribution in [2.45, 2.75) is 6.92 Å². The highest BCUT2D eigenvalue weighted by Crippen LogP contribution is 2.36. The van der Waals surface area contributed by atoms with Crippen molar-refractivity contribution in [3.63, 3.8) is 0 Å². The summed E-state index contributed by atoms with van der Waals surface area (Å²) in [6.45, 7) is 2.25. The van der Waals surface area contributed by atoms with Crippen molar-refractivity contribution in [2.75, 3.05) is 32.7 Å². The van der Waals surface area contributed by atoms with E-state index in [2.05, 4.69) is 6.07 Å². The Labute approximate surface area is 96.0 Å². The molecule has 0 bridgehead atoms. The molecule has 0 aliphatic carbocycles. The fourth-order valence-corrected chi connectivity index (χ4v) is 1.63. The second-order valence-corrected chi connectivity index (χ2v) is 3.46. The first-order chi connectivity index (χ1) is 7.65. The first kappa shape index (κ1) is 12.2. The highest BCUT2D eigenvalue weighted by atomic mass is 16.5. The molecule has 4 heteroatoms. The minimum absolute atomic E-state index is 0.322. The van der Waals surface area contributed by atoms with Crippen LogP contribution in [0, 0.1) is 18.3 Å². The van der Waals surface area contributed by atoms with Crippen LogP contribution in [0.25, 0.3) is 0 Å². The summed E-state index contributed by atoms with van der Waals surface area (Å²) < 4.78 is 10.6. The Hall–Kier alpha value is -1.89. The van der Waals surface area contributed by atoms with Gasteiger partial charge in [0.15, 0.2) is 0 Å². The van der Waals surface area contributed by atoms with Gasteiger partial charge < -0.3 is 14.4 Å². The van der Waals surface area contributed by atoms with Gasteiger partial charge in [0, 0.05) is 12.6 Å². The van der Waals surface area contributed by atoms with Gasteiger partial charge in [-0.15, -0.1) is 0 Å². The van der Waals surface area contributed by atoms with Gasteiger partial charge in [-0.3, -0.25) is 0 Å². The van der Waals surface area contributed by atoms with E-state index >= 15 is 0 Å². The van der Waals surface area contributed by atoms with Gasteiger partial charge in [0.25, 0.3) is 0 Å². The van der Waals surface area contributed by atoms with Gasteiger partial charge in [-0.2, -0.15) is 5.26 Å². The molecule has 0 unspecified atom stereocenters. The number of hydrogen-bond donors (Lipinski definition) is 0. The van der Waals surface area contributed by atoms with Crippen LogP contribution in [0.1, 0.15) is 5.56 Å². The number of benzene rings is 1. The SMILES string of the molecule is COc1ccc(N(C)CC#N)c(OC)c1C. The first-order valence-electron chi connectivity index (χ1n) is 4.95. The standard InChI is InChI=1S/C12H16N2O2/c1-9-11(15-3)6-5-10(12(9)16-4)14(2)8-7-13/h5-6H,8H2,1-4H3. The molecule has 0 aliphatic rings. The Morgan fingerprint density at radius 1 is 1.31 bits per heavy atom. The van der Waals surface area contributed by atoms with E-state index in [9.17, 15) is 0 Å². The van der Waals surface area contributed by atoms with Crippen molar-refractivity contribution in [3.05, 3.63) is 17.7 Å². The second-order valence-electron chi connectivity index (χ2n) is 3.46. The molecule has 0 atom stereocenters. The molecule has 0 aliphatic heterocycles. The van der Waals surface area contributed by atoms with Crippen LogP contribution in [-0.2, 0) is 0 Å². The smallest absolute Gasteiger partial charge is 0.148 e. The lowest BCUT2D eigenvalue weighted by molar-refractivity contribution is 0.389. The number of rotatable bonds is 4. The van der Waals surface area contributed by atoms with E-state index < -0.39 is 0 Å². The molecule has 1 aromatic rings.